The lowest BCUT2D eigenvalue weighted by atomic mass is 9.81. The predicted octanol–water partition coefficient (Wildman–Crippen LogP) is 2.29. The van der Waals surface area contributed by atoms with Crippen LogP contribution in [0.4, 0.5) is 5.69 Å². The Hall–Kier alpha value is -2.17. The van der Waals surface area contributed by atoms with Gasteiger partial charge in [-0.1, -0.05) is 18.9 Å². The molecule has 5 heteroatoms. The van der Waals surface area contributed by atoms with Crippen LogP contribution in [0.2, 0.25) is 0 Å². The zero-order valence-electron chi connectivity index (χ0n) is 11.9. The third-order valence-electron chi connectivity index (χ3n) is 4.18. The average Bonchev–Trinajstić information content (AvgIpc) is 2.71. The minimum absolute atomic E-state index is 0.121. The number of nitrogens with zero attached hydrogens (tertiary/aromatic N) is 1. The Morgan fingerprint density at radius 1 is 1.14 bits per heavy atom. The van der Waals surface area contributed by atoms with Crippen LogP contribution in [-0.2, 0) is 14.4 Å². The number of imide groups is 1. The fourth-order valence-electron chi connectivity index (χ4n) is 3.27. The number of esters is 1. The second-order valence-corrected chi connectivity index (χ2v) is 5.60. The number of hydrogen-bond donors (Lipinski definition) is 0. The van der Waals surface area contributed by atoms with E-state index in [4.69, 9.17) is 4.74 Å². The molecule has 0 radical (unpaired) electrons. The minimum Gasteiger partial charge on any atom is -0.427 e. The van der Waals surface area contributed by atoms with Crippen molar-refractivity contribution >= 4 is 23.5 Å². The molecule has 21 heavy (non-hydrogen) atoms. The van der Waals surface area contributed by atoms with E-state index >= 15 is 0 Å². The molecule has 0 bridgehead atoms. The number of fused-ring (bicyclic) bond motifs is 1. The highest BCUT2D eigenvalue weighted by Gasteiger charge is 2.48. The highest BCUT2D eigenvalue weighted by atomic mass is 16.5. The van der Waals surface area contributed by atoms with E-state index in [1.807, 2.05) is 0 Å². The van der Waals surface area contributed by atoms with Gasteiger partial charge in [0.05, 0.1) is 17.5 Å². The summed E-state index contributed by atoms with van der Waals surface area (Å²) < 4.78 is 5.02. The Morgan fingerprint density at radius 2 is 1.76 bits per heavy atom. The fraction of sp³-hybridized carbons (Fsp3) is 0.438. The SMILES string of the molecule is CC(=O)Oc1cccc(N2C(=O)[C@@H]3CCCC[C@H]3C2=O)c1. The Bertz CT molecular complexity index is 586. The van der Waals surface area contributed by atoms with Gasteiger partial charge in [-0.15, -0.1) is 0 Å². The van der Waals surface area contributed by atoms with E-state index in [9.17, 15) is 14.4 Å². The average molecular weight is 287 g/mol. The van der Waals surface area contributed by atoms with Gasteiger partial charge in [0.2, 0.25) is 11.8 Å². The Labute approximate surface area is 122 Å². The maximum Gasteiger partial charge on any atom is 0.308 e. The Balaban J connectivity index is 1.91. The largest absolute Gasteiger partial charge is 0.427 e. The van der Waals surface area contributed by atoms with Crippen molar-refractivity contribution in [1.29, 1.82) is 0 Å². The molecule has 2 aliphatic rings. The van der Waals surface area contributed by atoms with Crippen molar-refractivity contribution in [3.63, 3.8) is 0 Å². The van der Waals surface area contributed by atoms with Crippen LogP contribution in [0.1, 0.15) is 32.6 Å². The van der Waals surface area contributed by atoms with Gasteiger partial charge in [-0.05, 0) is 25.0 Å². The molecule has 0 aromatic heterocycles. The number of hydrogen-bond acceptors (Lipinski definition) is 4. The molecule has 1 saturated carbocycles. The van der Waals surface area contributed by atoms with E-state index in [-0.39, 0.29) is 23.7 Å². The van der Waals surface area contributed by atoms with Crippen LogP contribution < -0.4 is 9.64 Å². The highest BCUT2D eigenvalue weighted by molar-refractivity contribution is 6.22. The summed E-state index contributed by atoms with van der Waals surface area (Å²) in [5.74, 6) is -0.683. The van der Waals surface area contributed by atoms with Crippen molar-refractivity contribution < 1.29 is 19.1 Å². The van der Waals surface area contributed by atoms with Crippen molar-refractivity contribution in [2.75, 3.05) is 4.90 Å². The summed E-state index contributed by atoms with van der Waals surface area (Å²) in [6.45, 7) is 1.31. The molecule has 2 fully saturated rings. The molecule has 0 N–H and O–H groups in total. The molecular formula is C16H17NO4. The van der Waals surface area contributed by atoms with E-state index in [1.165, 1.54) is 11.8 Å². The quantitative estimate of drug-likeness (QED) is 0.475. The van der Waals surface area contributed by atoms with Gasteiger partial charge >= 0.3 is 5.97 Å². The lowest BCUT2D eigenvalue weighted by Crippen LogP contribution is -2.30. The number of benzene rings is 1. The molecule has 1 aromatic rings. The van der Waals surface area contributed by atoms with Gasteiger partial charge in [0.15, 0.2) is 0 Å². The zero-order valence-corrected chi connectivity index (χ0v) is 11.9. The fourth-order valence-corrected chi connectivity index (χ4v) is 3.27. The lowest BCUT2D eigenvalue weighted by Gasteiger charge is -2.19. The van der Waals surface area contributed by atoms with E-state index in [0.717, 1.165) is 25.7 Å². The third kappa shape index (κ3) is 2.44. The number of rotatable bonds is 2. The molecule has 5 nitrogen and oxygen atoms in total. The van der Waals surface area contributed by atoms with Crippen molar-refractivity contribution in [2.24, 2.45) is 11.8 Å². The summed E-state index contributed by atoms with van der Waals surface area (Å²) in [5, 5.41) is 0. The molecular weight excluding hydrogens is 270 g/mol. The van der Waals surface area contributed by atoms with Gasteiger partial charge in [-0.25, -0.2) is 4.90 Å². The van der Waals surface area contributed by atoms with Gasteiger partial charge in [-0.2, -0.15) is 0 Å². The second kappa shape index (κ2) is 5.31. The molecule has 2 atom stereocenters. The van der Waals surface area contributed by atoms with Crippen molar-refractivity contribution in [1.82, 2.24) is 0 Å². The van der Waals surface area contributed by atoms with Crippen LogP contribution in [0.15, 0.2) is 24.3 Å². The molecule has 0 spiro atoms. The number of anilines is 1. The summed E-state index contributed by atoms with van der Waals surface area (Å²) in [7, 11) is 0. The minimum atomic E-state index is -0.431. The number of carbonyl (C=O) groups is 3. The summed E-state index contributed by atoms with van der Waals surface area (Å²) in [6, 6.07) is 6.56. The zero-order chi connectivity index (χ0) is 15.0. The van der Waals surface area contributed by atoms with Gasteiger partial charge < -0.3 is 4.74 Å². The monoisotopic (exact) mass is 287 g/mol. The Kier molecular flexibility index (Phi) is 3.49. The van der Waals surface area contributed by atoms with Crippen molar-refractivity contribution in [3.05, 3.63) is 24.3 Å². The van der Waals surface area contributed by atoms with E-state index < -0.39 is 5.97 Å². The van der Waals surface area contributed by atoms with E-state index in [1.54, 1.807) is 24.3 Å². The summed E-state index contributed by atoms with van der Waals surface area (Å²) in [5.41, 5.74) is 0.484. The van der Waals surface area contributed by atoms with Crippen LogP contribution in [0, 0.1) is 11.8 Å². The first-order valence-corrected chi connectivity index (χ1v) is 7.24. The van der Waals surface area contributed by atoms with Crippen LogP contribution in [0.3, 0.4) is 0 Å². The van der Waals surface area contributed by atoms with Gasteiger partial charge in [0, 0.05) is 13.0 Å². The summed E-state index contributed by atoms with van der Waals surface area (Å²) in [6.07, 6.45) is 3.58. The maximum atomic E-state index is 12.5. The first-order valence-electron chi connectivity index (χ1n) is 7.24. The third-order valence-corrected chi connectivity index (χ3v) is 4.18. The maximum absolute atomic E-state index is 12.5. The van der Waals surface area contributed by atoms with Crippen LogP contribution in [0.25, 0.3) is 0 Å². The van der Waals surface area contributed by atoms with Crippen molar-refractivity contribution in [2.45, 2.75) is 32.6 Å². The molecule has 3 rings (SSSR count). The molecule has 2 amide bonds. The molecule has 1 aliphatic heterocycles. The smallest absolute Gasteiger partial charge is 0.308 e. The van der Waals surface area contributed by atoms with Gasteiger partial charge in [0.25, 0.3) is 0 Å². The van der Waals surface area contributed by atoms with Gasteiger partial charge in [0.1, 0.15) is 5.75 Å². The summed E-state index contributed by atoms with van der Waals surface area (Å²) in [4.78, 5) is 37.2. The van der Waals surface area contributed by atoms with Crippen LogP contribution in [-0.4, -0.2) is 17.8 Å². The standard InChI is InChI=1S/C16H17NO4/c1-10(18)21-12-6-4-5-11(9-12)17-15(19)13-7-2-3-8-14(13)16(17)20/h4-6,9,13-14H,2-3,7-8H2,1H3/t13-,14-/m1/s1. The topological polar surface area (TPSA) is 63.7 Å². The van der Waals surface area contributed by atoms with Crippen LogP contribution in [0.5, 0.6) is 5.75 Å². The first kappa shape index (κ1) is 13.8. The Morgan fingerprint density at radius 3 is 2.33 bits per heavy atom. The summed E-state index contributed by atoms with van der Waals surface area (Å²) >= 11 is 0. The predicted molar refractivity (Wildman–Crippen MR) is 75.7 cm³/mol. The molecule has 1 aromatic carbocycles. The molecule has 0 unspecified atom stereocenters. The second-order valence-electron chi connectivity index (χ2n) is 5.60. The normalized spacial score (nSPS) is 24.9. The van der Waals surface area contributed by atoms with E-state index in [0.29, 0.717) is 11.4 Å². The molecule has 1 heterocycles. The number of ether oxygens (including phenoxy) is 1. The molecule has 1 aliphatic carbocycles. The highest BCUT2D eigenvalue weighted by Crippen LogP contribution is 2.40. The van der Waals surface area contributed by atoms with Crippen molar-refractivity contribution in [3.8, 4) is 5.75 Å². The van der Waals surface area contributed by atoms with Crippen LogP contribution >= 0.6 is 0 Å². The number of carbonyl (C=O) groups excluding carboxylic acids is 3. The first-order chi connectivity index (χ1) is 10.1. The number of amides is 2. The molecule has 110 valence electrons. The van der Waals surface area contributed by atoms with Gasteiger partial charge in [-0.3, -0.25) is 14.4 Å². The van der Waals surface area contributed by atoms with E-state index in [2.05, 4.69) is 0 Å². The lowest BCUT2D eigenvalue weighted by molar-refractivity contribution is -0.132. The molecule has 1 saturated heterocycles.